The van der Waals surface area contributed by atoms with Crippen molar-refractivity contribution >= 4 is 21.6 Å². The predicted molar refractivity (Wildman–Crippen MR) is 87.5 cm³/mol. The molecule has 2 heterocycles. The molecule has 0 bridgehead atoms. The van der Waals surface area contributed by atoms with Crippen LogP contribution in [-0.4, -0.2) is 65.9 Å². The number of piperazine rings is 1. The molecule has 0 radical (unpaired) electrons. The number of nitrogens with one attached hydrogen (secondary N) is 1. The van der Waals surface area contributed by atoms with E-state index in [-0.39, 0.29) is 12.1 Å². The molecule has 1 saturated heterocycles. The van der Waals surface area contributed by atoms with Gasteiger partial charge in [0, 0.05) is 39.3 Å². The maximum absolute atomic E-state index is 12.0. The van der Waals surface area contributed by atoms with E-state index in [9.17, 15) is 4.79 Å². The second-order valence-electron chi connectivity index (χ2n) is 5.11. The molecule has 6 nitrogen and oxygen atoms in total. The summed E-state index contributed by atoms with van der Waals surface area (Å²) in [6, 6.07) is 0. The van der Waals surface area contributed by atoms with Crippen molar-refractivity contribution in [3.8, 4) is 12.3 Å². The molecule has 0 unspecified atom stereocenters. The van der Waals surface area contributed by atoms with Crippen LogP contribution in [0.5, 0.6) is 0 Å². The van der Waals surface area contributed by atoms with Crippen molar-refractivity contribution in [1.82, 2.24) is 19.6 Å². The van der Waals surface area contributed by atoms with E-state index in [2.05, 4.69) is 49.1 Å². The topological polar surface area (TPSA) is 53.4 Å². The lowest BCUT2D eigenvalue weighted by Crippen LogP contribution is -2.45. The normalized spacial score (nSPS) is 16.6. The lowest BCUT2D eigenvalue weighted by Gasteiger charge is -2.32. The molecule has 0 saturated carbocycles. The smallest absolute Gasteiger partial charge is 0.284 e. The van der Waals surface area contributed by atoms with Crippen molar-refractivity contribution < 1.29 is 0 Å². The highest BCUT2D eigenvalue weighted by Gasteiger charge is 2.13. The van der Waals surface area contributed by atoms with E-state index in [1.54, 1.807) is 6.20 Å². The molecular formula is C14H20BrN5O. The van der Waals surface area contributed by atoms with Crippen LogP contribution in [-0.2, 0) is 6.54 Å². The minimum atomic E-state index is -0.211. The van der Waals surface area contributed by atoms with Crippen molar-refractivity contribution in [2.75, 3.05) is 51.6 Å². The van der Waals surface area contributed by atoms with Crippen molar-refractivity contribution in [3.05, 3.63) is 21.0 Å². The molecule has 1 fully saturated rings. The van der Waals surface area contributed by atoms with E-state index in [0.29, 0.717) is 10.2 Å². The lowest BCUT2D eigenvalue weighted by atomic mass is 10.3. The fraction of sp³-hybridized carbons (Fsp3) is 0.571. The summed E-state index contributed by atoms with van der Waals surface area (Å²) in [5, 5.41) is 7.31. The maximum atomic E-state index is 12.0. The summed E-state index contributed by atoms with van der Waals surface area (Å²) in [7, 11) is 2.14. The molecule has 7 heteroatoms. The van der Waals surface area contributed by atoms with Gasteiger partial charge in [0.15, 0.2) is 0 Å². The molecule has 2 rings (SSSR count). The first kappa shape index (κ1) is 16.0. The number of nitrogens with zero attached hydrogens (tertiary/aromatic N) is 4. The average Bonchev–Trinajstić information content (AvgIpc) is 2.48. The van der Waals surface area contributed by atoms with Crippen LogP contribution in [0.1, 0.15) is 0 Å². The monoisotopic (exact) mass is 353 g/mol. The second kappa shape index (κ2) is 7.59. The van der Waals surface area contributed by atoms with E-state index in [1.807, 2.05) is 0 Å². The highest BCUT2D eigenvalue weighted by Crippen LogP contribution is 2.15. The number of rotatable bonds is 5. The largest absolute Gasteiger partial charge is 0.381 e. The number of anilines is 1. The summed E-state index contributed by atoms with van der Waals surface area (Å²) in [6.07, 6.45) is 6.83. The third kappa shape index (κ3) is 4.30. The Hall–Kier alpha value is -1.36. The first-order valence-electron chi connectivity index (χ1n) is 6.95. The summed E-state index contributed by atoms with van der Waals surface area (Å²) in [5.41, 5.74) is 0.500. The van der Waals surface area contributed by atoms with Crippen LogP contribution in [0.2, 0.25) is 0 Å². The van der Waals surface area contributed by atoms with Crippen LogP contribution in [0.3, 0.4) is 0 Å². The van der Waals surface area contributed by atoms with E-state index < -0.39 is 0 Å². The Morgan fingerprint density at radius 3 is 2.81 bits per heavy atom. The highest BCUT2D eigenvalue weighted by molar-refractivity contribution is 9.10. The molecule has 0 amide bonds. The van der Waals surface area contributed by atoms with E-state index >= 15 is 0 Å². The van der Waals surface area contributed by atoms with Crippen molar-refractivity contribution in [3.63, 3.8) is 0 Å². The quantitative estimate of drug-likeness (QED) is 0.771. The van der Waals surface area contributed by atoms with Gasteiger partial charge >= 0.3 is 0 Å². The van der Waals surface area contributed by atoms with Gasteiger partial charge in [0.05, 0.1) is 11.9 Å². The molecule has 1 aliphatic rings. The summed E-state index contributed by atoms with van der Waals surface area (Å²) < 4.78 is 1.74. The van der Waals surface area contributed by atoms with Crippen LogP contribution in [0.25, 0.3) is 0 Å². The van der Waals surface area contributed by atoms with E-state index in [0.717, 1.165) is 39.3 Å². The Labute approximate surface area is 133 Å². The number of hydrogen-bond acceptors (Lipinski definition) is 5. The minimum absolute atomic E-state index is 0.180. The van der Waals surface area contributed by atoms with Gasteiger partial charge < -0.3 is 10.2 Å². The van der Waals surface area contributed by atoms with Crippen LogP contribution >= 0.6 is 15.9 Å². The lowest BCUT2D eigenvalue weighted by molar-refractivity contribution is 0.158. The average molecular weight is 354 g/mol. The molecule has 1 aromatic rings. The molecule has 0 aliphatic carbocycles. The summed E-state index contributed by atoms with van der Waals surface area (Å²) in [4.78, 5) is 16.7. The zero-order valence-corrected chi connectivity index (χ0v) is 13.8. The third-order valence-electron chi connectivity index (χ3n) is 3.57. The number of terminal acetylenes is 1. The summed E-state index contributed by atoms with van der Waals surface area (Å²) >= 11 is 3.31. The molecule has 114 valence electrons. The van der Waals surface area contributed by atoms with Crippen molar-refractivity contribution in [2.24, 2.45) is 0 Å². The molecular weight excluding hydrogens is 334 g/mol. The fourth-order valence-corrected chi connectivity index (χ4v) is 2.65. The Bertz CT molecular complexity index is 572. The third-order valence-corrected chi connectivity index (χ3v) is 4.33. The summed E-state index contributed by atoms with van der Waals surface area (Å²) in [5.74, 6) is 2.41. The predicted octanol–water partition coefficient (Wildman–Crippen LogP) is 0.298. The van der Waals surface area contributed by atoms with E-state index in [1.165, 1.54) is 4.68 Å². The molecule has 0 aromatic carbocycles. The maximum Gasteiger partial charge on any atom is 0.284 e. The first-order valence-corrected chi connectivity index (χ1v) is 7.75. The van der Waals surface area contributed by atoms with Gasteiger partial charge in [0.1, 0.15) is 11.0 Å². The van der Waals surface area contributed by atoms with Gasteiger partial charge in [-0.05, 0) is 23.0 Å². The SMILES string of the molecule is C#CCn1ncc(NCCN2CCN(C)CC2)c(Br)c1=O. The van der Waals surface area contributed by atoms with Gasteiger partial charge in [-0.1, -0.05) is 5.92 Å². The zero-order chi connectivity index (χ0) is 15.2. The van der Waals surface area contributed by atoms with Crippen LogP contribution < -0.4 is 10.9 Å². The van der Waals surface area contributed by atoms with Gasteiger partial charge in [0.2, 0.25) is 0 Å². The van der Waals surface area contributed by atoms with Gasteiger partial charge in [-0.3, -0.25) is 9.69 Å². The first-order chi connectivity index (χ1) is 10.1. The van der Waals surface area contributed by atoms with Crippen LogP contribution in [0, 0.1) is 12.3 Å². The van der Waals surface area contributed by atoms with Crippen LogP contribution in [0.4, 0.5) is 5.69 Å². The number of likely N-dealkylation sites (N-methyl/N-ethyl adjacent to an activating group) is 1. The second-order valence-corrected chi connectivity index (χ2v) is 5.90. The molecule has 0 atom stereocenters. The van der Waals surface area contributed by atoms with Gasteiger partial charge in [-0.2, -0.15) is 5.10 Å². The molecule has 1 aliphatic heterocycles. The zero-order valence-electron chi connectivity index (χ0n) is 12.2. The minimum Gasteiger partial charge on any atom is -0.381 e. The number of hydrogen-bond donors (Lipinski definition) is 1. The Morgan fingerprint density at radius 1 is 1.43 bits per heavy atom. The fourth-order valence-electron chi connectivity index (χ4n) is 2.21. The number of aromatic nitrogens is 2. The Balaban J connectivity index is 1.88. The molecule has 21 heavy (non-hydrogen) atoms. The molecule has 1 N–H and O–H groups in total. The van der Waals surface area contributed by atoms with Gasteiger partial charge in [0.25, 0.3) is 5.56 Å². The summed E-state index contributed by atoms with van der Waals surface area (Å²) in [6.45, 7) is 6.29. The van der Waals surface area contributed by atoms with Gasteiger partial charge in [-0.15, -0.1) is 6.42 Å². The van der Waals surface area contributed by atoms with Crippen LogP contribution in [0.15, 0.2) is 15.5 Å². The highest BCUT2D eigenvalue weighted by atomic mass is 79.9. The van der Waals surface area contributed by atoms with E-state index in [4.69, 9.17) is 6.42 Å². The van der Waals surface area contributed by atoms with Crippen molar-refractivity contribution in [2.45, 2.75) is 6.54 Å². The van der Waals surface area contributed by atoms with Gasteiger partial charge in [-0.25, -0.2) is 4.68 Å². The number of halogens is 1. The molecule has 1 aromatic heterocycles. The van der Waals surface area contributed by atoms with Crippen molar-refractivity contribution in [1.29, 1.82) is 0 Å². The Morgan fingerprint density at radius 2 is 2.14 bits per heavy atom. The standard InChI is InChI=1S/C14H20BrN5O/c1-3-5-20-14(21)13(15)12(11-17-20)16-4-6-19-9-7-18(2)8-10-19/h1,11,16H,4-10H2,2H3. The Kier molecular flexibility index (Phi) is 5.79. The molecule has 0 spiro atoms.